The third-order valence-corrected chi connectivity index (χ3v) is 6.02. The van der Waals surface area contributed by atoms with E-state index in [9.17, 15) is 4.79 Å². The molecule has 8 heteroatoms. The van der Waals surface area contributed by atoms with Crippen molar-refractivity contribution in [3.8, 4) is 27.6 Å². The summed E-state index contributed by atoms with van der Waals surface area (Å²) in [7, 11) is 1.63. The zero-order chi connectivity index (χ0) is 20.2. The number of carbonyl (C=O) groups excluding carboxylic acids is 1. The molecule has 0 atom stereocenters. The summed E-state index contributed by atoms with van der Waals surface area (Å²) in [5.74, 6) is 1.86. The molecule has 1 amide bonds. The maximum atomic E-state index is 12.3. The van der Waals surface area contributed by atoms with Crippen molar-refractivity contribution in [1.29, 1.82) is 0 Å². The van der Waals surface area contributed by atoms with E-state index in [1.54, 1.807) is 24.6 Å². The smallest absolute Gasteiger partial charge is 0.226 e. The second-order valence-corrected chi connectivity index (χ2v) is 8.49. The number of ether oxygens (including phenoxy) is 1. The summed E-state index contributed by atoms with van der Waals surface area (Å²) in [6.45, 7) is 2.06. The fourth-order valence-electron chi connectivity index (χ4n) is 2.73. The molecule has 1 N–H and O–H groups in total. The number of amides is 1. The average Bonchev–Trinajstić information content (AvgIpc) is 3.47. The van der Waals surface area contributed by atoms with E-state index in [-0.39, 0.29) is 12.3 Å². The molecule has 4 aromatic rings. The van der Waals surface area contributed by atoms with E-state index >= 15 is 0 Å². The minimum atomic E-state index is -0.113. The minimum Gasteiger partial charge on any atom is -0.497 e. The van der Waals surface area contributed by atoms with E-state index in [1.165, 1.54) is 16.2 Å². The number of thiazole rings is 1. The van der Waals surface area contributed by atoms with Gasteiger partial charge in [-0.15, -0.1) is 22.7 Å². The van der Waals surface area contributed by atoms with E-state index < -0.39 is 0 Å². The Kier molecular flexibility index (Phi) is 5.73. The topological polar surface area (TPSA) is 77.2 Å². The van der Waals surface area contributed by atoms with Crippen molar-refractivity contribution in [2.45, 2.75) is 19.8 Å². The molecule has 0 aliphatic carbocycles. The highest BCUT2D eigenvalue weighted by atomic mass is 32.1. The van der Waals surface area contributed by atoms with Gasteiger partial charge in [0.2, 0.25) is 5.91 Å². The van der Waals surface area contributed by atoms with Gasteiger partial charge in [-0.1, -0.05) is 0 Å². The van der Waals surface area contributed by atoms with E-state index in [4.69, 9.17) is 9.15 Å². The molecule has 3 aromatic heterocycles. The predicted molar refractivity (Wildman–Crippen MR) is 116 cm³/mol. The number of hydrogen-bond acceptors (Lipinski definition) is 7. The van der Waals surface area contributed by atoms with Crippen molar-refractivity contribution in [2.75, 3.05) is 12.4 Å². The number of thiophene rings is 1. The van der Waals surface area contributed by atoms with Gasteiger partial charge in [0.15, 0.2) is 16.8 Å². The maximum Gasteiger partial charge on any atom is 0.226 e. The number of oxazole rings is 1. The lowest BCUT2D eigenvalue weighted by molar-refractivity contribution is -0.116. The molecule has 6 nitrogen and oxygen atoms in total. The minimum absolute atomic E-state index is 0.113. The summed E-state index contributed by atoms with van der Waals surface area (Å²) in [6.07, 6.45) is 2.37. The number of anilines is 1. The highest BCUT2D eigenvalue weighted by Crippen LogP contribution is 2.30. The van der Waals surface area contributed by atoms with Crippen molar-refractivity contribution in [1.82, 2.24) is 9.97 Å². The molecule has 3 heterocycles. The zero-order valence-corrected chi connectivity index (χ0v) is 17.6. The number of aryl methyl sites for hydroxylation is 2. The molecule has 0 spiro atoms. The van der Waals surface area contributed by atoms with Crippen LogP contribution >= 0.6 is 22.7 Å². The number of nitrogens with zero attached hydrogens (tertiary/aromatic N) is 2. The van der Waals surface area contributed by atoms with Gasteiger partial charge in [-0.05, 0) is 43.3 Å². The molecule has 1 aromatic carbocycles. The molecule has 0 unspecified atom stereocenters. The van der Waals surface area contributed by atoms with Crippen molar-refractivity contribution >= 4 is 33.7 Å². The summed E-state index contributed by atoms with van der Waals surface area (Å²) in [6, 6.07) is 11.7. The van der Waals surface area contributed by atoms with Crippen LogP contribution in [-0.4, -0.2) is 23.0 Å². The molecule has 0 saturated heterocycles. The zero-order valence-electron chi connectivity index (χ0n) is 16.0. The number of methoxy groups -OCH3 is 1. The lowest BCUT2D eigenvalue weighted by Gasteiger charge is -2.01. The first-order chi connectivity index (χ1) is 14.1. The number of carbonyl (C=O) groups is 1. The van der Waals surface area contributed by atoms with Crippen molar-refractivity contribution in [3.05, 3.63) is 58.7 Å². The van der Waals surface area contributed by atoms with E-state index in [0.29, 0.717) is 23.2 Å². The van der Waals surface area contributed by atoms with Gasteiger partial charge in [-0.2, -0.15) is 0 Å². The number of aromatic nitrogens is 2. The summed E-state index contributed by atoms with van der Waals surface area (Å²) in [5.41, 5.74) is 1.80. The Bertz CT molecular complexity index is 1110. The van der Waals surface area contributed by atoms with Crippen LogP contribution in [0.15, 0.2) is 52.4 Å². The highest BCUT2D eigenvalue weighted by molar-refractivity contribution is 7.17. The monoisotopic (exact) mass is 425 g/mol. The first-order valence-electron chi connectivity index (χ1n) is 9.02. The molecular weight excluding hydrogens is 406 g/mol. The quantitative estimate of drug-likeness (QED) is 0.428. The number of nitrogens with one attached hydrogen (secondary N) is 1. The van der Waals surface area contributed by atoms with Crippen LogP contribution in [0.25, 0.3) is 21.9 Å². The second kappa shape index (κ2) is 8.59. The molecule has 0 bridgehead atoms. The van der Waals surface area contributed by atoms with Crippen LogP contribution in [0.1, 0.15) is 17.2 Å². The van der Waals surface area contributed by atoms with Crippen LogP contribution in [0.2, 0.25) is 0 Å². The van der Waals surface area contributed by atoms with Gasteiger partial charge >= 0.3 is 0 Å². The molecular formula is C21H19N3O3S2. The fraction of sp³-hybridized carbons (Fsp3) is 0.190. The molecule has 0 radical (unpaired) electrons. The SMILES string of the molecule is COc1ccc(-c2cnc(CCC(=O)Nc3nc(-c4ccc(C)s4)cs3)o2)cc1. The Hall–Kier alpha value is -2.97. The summed E-state index contributed by atoms with van der Waals surface area (Å²) in [5, 5.41) is 5.40. The highest BCUT2D eigenvalue weighted by Gasteiger charge is 2.12. The van der Waals surface area contributed by atoms with Gasteiger partial charge in [0, 0.05) is 28.7 Å². The molecule has 29 heavy (non-hydrogen) atoms. The molecule has 0 aliphatic heterocycles. The van der Waals surface area contributed by atoms with E-state index in [1.807, 2.05) is 35.7 Å². The van der Waals surface area contributed by atoms with E-state index in [2.05, 4.69) is 28.3 Å². The van der Waals surface area contributed by atoms with Crippen molar-refractivity contribution in [3.63, 3.8) is 0 Å². The standard InChI is InChI=1S/C21H19N3O3S2/c1-13-3-8-18(29-13)16-12-28-21(23-16)24-19(25)9-10-20-22-11-17(27-20)14-4-6-15(26-2)7-5-14/h3-8,11-12H,9-10H2,1-2H3,(H,23,24,25). The van der Waals surface area contributed by atoms with Crippen molar-refractivity contribution in [2.24, 2.45) is 0 Å². The predicted octanol–water partition coefficient (Wildman–Crippen LogP) is 5.41. The van der Waals surface area contributed by atoms with Gasteiger partial charge in [0.1, 0.15) is 5.75 Å². The Morgan fingerprint density at radius 2 is 2.03 bits per heavy atom. The molecule has 4 rings (SSSR count). The largest absolute Gasteiger partial charge is 0.497 e. The Morgan fingerprint density at radius 3 is 2.76 bits per heavy atom. The lowest BCUT2D eigenvalue weighted by Crippen LogP contribution is -2.12. The van der Waals surface area contributed by atoms with Crippen LogP contribution < -0.4 is 10.1 Å². The van der Waals surface area contributed by atoms with Gasteiger partial charge in [-0.25, -0.2) is 9.97 Å². The molecule has 0 fully saturated rings. The van der Waals surface area contributed by atoms with Crippen LogP contribution in [0, 0.1) is 6.92 Å². The fourth-order valence-corrected chi connectivity index (χ4v) is 4.36. The number of rotatable bonds is 7. The van der Waals surface area contributed by atoms with Crippen LogP contribution in [0.3, 0.4) is 0 Å². The summed E-state index contributed by atoms with van der Waals surface area (Å²) < 4.78 is 10.9. The van der Waals surface area contributed by atoms with E-state index in [0.717, 1.165) is 21.9 Å². The second-order valence-electron chi connectivity index (χ2n) is 6.34. The third-order valence-electron chi connectivity index (χ3n) is 4.24. The molecule has 0 saturated carbocycles. The summed E-state index contributed by atoms with van der Waals surface area (Å²) in [4.78, 5) is 23.4. The van der Waals surface area contributed by atoms with Gasteiger partial charge in [0.05, 0.1) is 23.9 Å². The van der Waals surface area contributed by atoms with Crippen molar-refractivity contribution < 1.29 is 13.9 Å². The van der Waals surface area contributed by atoms with Gasteiger partial charge in [-0.3, -0.25) is 4.79 Å². The third kappa shape index (κ3) is 4.72. The van der Waals surface area contributed by atoms with Crippen LogP contribution in [0.4, 0.5) is 5.13 Å². The Balaban J connectivity index is 1.32. The Labute approximate surface area is 176 Å². The Morgan fingerprint density at radius 1 is 1.21 bits per heavy atom. The normalized spacial score (nSPS) is 10.8. The molecule has 148 valence electrons. The lowest BCUT2D eigenvalue weighted by atomic mass is 10.2. The maximum absolute atomic E-state index is 12.3. The van der Waals surface area contributed by atoms with Gasteiger partial charge in [0.25, 0.3) is 0 Å². The number of hydrogen-bond donors (Lipinski definition) is 1. The first-order valence-corrected chi connectivity index (χ1v) is 10.7. The van der Waals surface area contributed by atoms with Crippen LogP contribution in [0.5, 0.6) is 5.75 Å². The average molecular weight is 426 g/mol. The van der Waals surface area contributed by atoms with Gasteiger partial charge < -0.3 is 14.5 Å². The number of benzene rings is 1. The first kappa shape index (κ1) is 19.4. The molecule has 0 aliphatic rings. The van der Waals surface area contributed by atoms with Crippen LogP contribution in [-0.2, 0) is 11.2 Å². The summed E-state index contributed by atoms with van der Waals surface area (Å²) >= 11 is 3.11.